The van der Waals surface area contributed by atoms with Gasteiger partial charge in [-0.05, 0) is 36.8 Å². The number of aromatic nitrogens is 1. The highest BCUT2D eigenvalue weighted by Gasteiger charge is 2.27. The average molecular weight is 275 g/mol. The second-order valence-electron chi connectivity index (χ2n) is 6.60. The van der Waals surface area contributed by atoms with Crippen molar-refractivity contribution in [2.24, 2.45) is 5.92 Å². The SMILES string of the molecule is CCC1CN(Cc2cncc(C)c2)C(CC(C)C)CN1. The van der Waals surface area contributed by atoms with E-state index in [4.69, 9.17) is 0 Å². The van der Waals surface area contributed by atoms with E-state index in [9.17, 15) is 0 Å². The van der Waals surface area contributed by atoms with Gasteiger partial charge in [-0.2, -0.15) is 0 Å². The maximum absolute atomic E-state index is 4.33. The number of aryl methyl sites for hydroxylation is 1. The van der Waals surface area contributed by atoms with E-state index in [1.165, 1.54) is 24.0 Å². The first kappa shape index (κ1) is 15.5. The first-order valence-corrected chi connectivity index (χ1v) is 7.96. The molecule has 20 heavy (non-hydrogen) atoms. The van der Waals surface area contributed by atoms with Gasteiger partial charge in [0.1, 0.15) is 0 Å². The molecular formula is C17H29N3. The normalized spacial score (nSPS) is 24.2. The molecule has 0 saturated carbocycles. The Balaban J connectivity index is 2.06. The Hall–Kier alpha value is -0.930. The Kier molecular flexibility index (Phi) is 5.55. The van der Waals surface area contributed by atoms with Crippen molar-refractivity contribution in [3.05, 3.63) is 29.6 Å². The number of nitrogens with one attached hydrogen (secondary N) is 1. The van der Waals surface area contributed by atoms with E-state index in [0.717, 1.165) is 25.6 Å². The Morgan fingerprint density at radius 2 is 2.20 bits per heavy atom. The molecule has 0 amide bonds. The number of hydrogen-bond donors (Lipinski definition) is 1. The number of piperazine rings is 1. The fourth-order valence-corrected chi connectivity index (χ4v) is 3.11. The average Bonchev–Trinajstić information content (AvgIpc) is 2.40. The van der Waals surface area contributed by atoms with Gasteiger partial charge in [0.15, 0.2) is 0 Å². The minimum Gasteiger partial charge on any atom is -0.311 e. The third-order valence-electron chi connectivity index (χ3n) is 4.17. The van der Waals surface area contributed by atoms with Crippen molar-refractivity contribution in [2.45, 2.75) is 59.2 Å². The molecule has 1 aliphatic heterocycles. The number of nitrogens with zero attached hydrogens (tertiary/aromatic N) is 2. The fraction of sp³-hybridized carbons (Fsp3) is 0.706. The van der Waals surface area contributed by atoms with Crippen LogP contribution in [0.3, 0.4) is 0 Å². The zero-order valence-electron chi connectivity index (χ0n) is 13.4. The molecule has 2 rings (SSSR count). The van der Waals surface area contributed by atoms with Crippen LogP contribution in [0.2, 0.25) is 0 Å². The maximum Gasteiger partial charge on any atom is 0.0313 e. The lowest BCUT2D eigenvalue weighted by molar-refractivity contribution is 0.105. The van der Waals surface area contributed by atoms with Crippen molar-refractivity contribution in [1.82, 2.24) is 15.2 Å². The van der Waals surface area contributed by atoms with Gasteiger partial charge in [-0.3, -0.25) is 9.88 Å². The van der Waals surface area contributed by atoms with Gasteiger partial charge in [0.25, 0.3) is 0 Å². The van der Waals surface area contributed by atoms with Gasteiger partial charge in [0.2, 0.25) is 0 Å². The lowest BCUT2D eigenvalue weighted by atomic mass is 9.97. The summed E-state index contributed by atoms with van der Waals surface area (Å²) in [6.07, 6.45) is 6.42. The lowest BCUT2D eigenvalue weighted by Crippen LogP contribution is -2.56. The third-order valence-corrected chi connectivity index (χ3v) is 4.17. The molecule has 0 aliphatic carbocycles. The van der Waals surface area contributed by atoms with Crippen molar-refractivity contribution in [1.29, 1.82) is 0 Å². The third kappa shape index (κ3) is 4.29. The highest BCUT2D eigenvalue weighted by molar-refractivity contribution is 5.16. The molecule has 1 fully saturated rings. The topological polar surface area (TPSA) is 28.2 Å². The summed E-state index contributed by atoms with van der Waals surface area (Å²) in [4.78, 5) is 6.99. The molecule has 1 aliphatic rings. The molecule has 3 nitrogen and oxygen atoms in total. The molecule has 3 heteroatoms. The van der Waals surface area contributed by atoms with Crippen molar-refractivity contribution < 1.29 is 0 Å². The van der Waals surface area contributed by atoms with Crippen LogP contribution in [0.5, 0.6) is 0 Å². The standard InChI is InChI=1S/C17H29N3/c1-5-16-12-20(17(10-19-16)6-13(2)3)11-15-7-14(4)8-18-9-15/h7-9,13,16-17,19H,5-6,10-12H2,1-4H3. The first-order chi connectivity index (χ1) is 9.58. The van der Waals surface area contributed by atoms with Crippen LogP contribution in [0.15, 0.2) is 18.5 Å². The molecule has 1 N–H and O–H groups in total. The smallest absolute Gasteiger partial charge is 0.0313 e. The van der Waals surface area contributed by atoms with Gasteiger partial charge >= 0.3 is 0 Å². The van der Waals surface area contributed by atoms with Crippen molar-refractivity contribution in [2.75, 3.05) is 13.1 Å². The number of pyridine rings is 1. The van der Waals surface area contributed by atoms with Crippen LogP contribution in [0.25, 0.3) is 0 Å². The van der Waals surface area contributed by atoms with Crippen molar-refractivity contribution in [3.63, 3.8) is 0 Å². The summed E-state index contributed by atoms with van der Waals surface area (Å²) < 4.78 is 0. The van der Waals surface area contributed by atoms with E-state index in [0.29, 0.717) is 12.1 Å². The molecule has 112 valence electrons. The van der Waals surface area contributed by atoms with Crippen LogP contribution in [0.1, 0.15) is 44.7 Å². The number of rotatable bonds is 5. The molecule has 0 bridgehead atoms. The summed E-state index contributed by atoms with van der Waals surface area (Å²) in [5.41, 5.74) is 2.60. The van der Waals surface area contributed by atoms with E-state index in [-0.39, 0.29) is 0 Å². The monoisotopic (exact) mass is 275 g/mol. The summed E-state index contributed by atoms with van der Waals surface area (Å²) in [6.45, 7) is 12.3. The molecule has 1 aromatic heterocycles. The van der Waals surface area contributed by atoms with E-state index in [1.807, 2.05) is 12.4 Å². The minimum atomic E-state index is 0.635. The van der Waals surface area contributed by atoms with Gasteiger partial charge in [-0.25, -0.2) is 0 Å². The van der Waals surface area contributed by atoms with Gasteiger partial charge in [0.05, 0.1) is 0 Å². The van der Waals surface area contributed by atoms with Crippen LogP contribution in [0, 0.1) is 12.8 Å². The maximum atomic E-state index is 4.33. The summed E-state index contributed by atoms with van der Waals surface area (Å²) in [5.74, 6) is 0.748. The highest BCUT2D eigenvalue weighted by Crippen LogP contribution is 2.19. The predicted octanol–water partition coefficient (Wildman–Crippen LogP) is 2.99. The summed E-state index contributed by atoms with van der Waals surface area (Å²) in [7, 11) is 0. The van der Waals surface area contributed by atoms with E-state index in [1.54, 1.807) is 0 Å². The van der Waals surface area contributed by atoms with E-state index in [2.05, 4.69) is 49.0 Å². The lowest BCUT2D eigenvalue weighted by Gasteiger charge is -2.41. The molecule has 0 radical (unpaired) electrons. The van der Waals surface area contributed by atoms with E-state index < -0.39 is 0 Å². The molecule has 2 unspecified atom stereocenters. The van der Waals surface area contributed by atoms with Crippen molar-refractivity contribution in [3.8, 4) is 0 Å². The van der Waals surface area contributed by atoms with E-state index >= 15 is 0 Å². The largest absolute Gasteiger partial charge is 0.311 e. The van der Waals surface area contributed by atoms with Gasteiger partial charge < -0.3 is 5.32 Å². The summed E-state index contributed by atoms with van der Waals surface area (Å²) >= 11 is 0. The Labute approximate surface area is 123 Å². The fourth-order valence-electron chi connectivity index (χ4n) is 3.11. The van der Waals surface area contributed by atoms with Crippen molar-refractivity contribution >= 4 is 0 Å². The molecule has 0 spiro atoms. The number of hydrogen-bond acceptors (Lipinski definition) is 3. The molecule has 0 aromatic carbocycles. The zero-order valence-corrected chi connectivity index (χ0v) is 13.4. The predicted molar refractivity (Wildman–Crippen MR) is 84.7 cm³/mol. The quantitative estimate of drug-likeness (QED) is 0.895. The van der Waals surface area contributed by atoms with Gasteiger partial charge in [-0.1, -0.05) is 26.8 Å². The summed E-state index contributed by atoms with van der Waals surface area (Å²) in [5, 5.41) is 3.69. The van der Waals surface area contributed by atoms with Gasteiger partial charge in [0, 0.05) is 44.1 Å². The molecule has 2 heterocycles. The van der Waals surface area contributed by atoms with Crippen LogP contribution >= 0.6 is 0 Å². The first-order valence-electron chi connectivity index (χ1n) is 7.96. The minimum absolute atomic E-state index is 0.635. The Morgan fingerprint density at radius 3 is 2.85 bits per heavy atom. The molecular weight excluding hydrogens is 246 g/mol. The molecule has 1 aromatic rings. The van der Waals surface area contributed by atoms with Crippen LogP contribution in [-0.2, 0) is 6.54 Å². The van der Waals surface area contributed by atoms with Crippen LogP contribution in [0.4, 0.5) is 0 Å². The second-order valence-corrected chi connectivity index (χ2v) is 6.60. The van der Waals surface area contributed by atoms with Gasteiger partial charge in [-0.15, -0.1) is 0 Å². The summed E-state index contributed by atoms with van der Waals surface area (Å²) in [6, 6.07) is 3.55. The zero-order chi connectivity index (χ0) is 14.5. The second kappa shape index (κ2) is 7.19. The Bertz CT molecular complexity index is 416. The van der Waals surface area contributed by atoms with Crippen LogP contribution in [-0.4, -0.2) is 35.1 Å². The Morgan fingerprint density at radius 1 is 1.40 bits per heavy atom. The molecule has 2 atom stereocenters. The van der Waals surface area contributed by atoms with Crippen LogP contribution < -0.4 is 5.32 Å². The highest BCUT2D eigenvalue weighted by atomic mass is 15.2. The molecule has 1 saturated heterocycles.